The first kappa shape index (κ1) is 28.6. The van der Waals surface area contributed by atoms with Crippen molar-refractivity contribution in [3.05, 3.63) is 23.4 Å². The molecule has 0 N–H and O–H groups in total. The van der Waals surface area contributed by atoms with E-state index >= 15 is 0 Å². The topological polar surface area (TPSA) is 42.3 Å². The zero-order valence-electron chi connectivity index (χ0n) is 13.6. The molecule has 1 aliphatic rings. The van der Waals surface area contributed by atoms with E-state index in [0.29, 0.717) is 5.38 Å². The van der Waals surface area contributed by atoms with Crippen LogP contribution in [0.4, 0.5) is 0 Å². The van der Waals surface area contributed by atoms with Crippen LogP contribution in [-0.4, -0.2) is 59.2 Å². The molecule has 3 unspecified atom stereocenters. The molecule has 0 spiro atoms. The smallest absolute Gasteiger partial charge is 0.668 e. The standard InChI is InChI=1S/C8H16ClNP.2C2H6N.CH3.Zr/c1-10-6-11(2)8-5-3-4-7(8)9;2*1-3-2;;/h7-8H,3-6H2,1-2H3;2*1-2H3;1H3;/q4*-1;+4. The molecule has 0 aromatic rings. The minimum absolute atomic E-state index is 0. The van der Waals surface area contributed by atoms with Gasteiger partial charge in [-0.05, 0) is 25.2 Å². The first-order valence-corrected chi connectivity index (χ1v) is 8.42. The molecule has 0 amide bonds. The van der Waals surface area contributed by atoms with Crippen molar-refractivity contribution in [1.82, 2.24) is 0 Å². The van der Waals surface area contributed by atoms with Gasteiger partial charge in [0.1, 0.15) is 0 Å². The van der Waals surface area contributed by atoms with Gasteiger partial charge < -0.3 is 23.4 Å². The summed E-state index contributed by atoms with van der Waals surface area (Å²) in [4.78, 5) is 0. The van der Waals surface area contributed by atoms with Crippen LogP contribution in [-0.2, 0) is 26.2 Å². The normalized spacial score (nSPS) is 21.6. The van der Waals surface area contributed by atoms with Gasteiger partial charge in [-0.15, -0.1) is 25.8 Å². The Morgan fingerprint density at radius 1 is 1.05 bits per heavy atom. The fraction of sp³-hybridized carbons (Fsp3) is 0.923. The van der Waals surface area contributed by atoms with E-state index in [0.717, 1.165) is 11.9 Å². The summed E-state index contributed by atoms with van der Waals surface area (Å²) in [6.07, 6.45) is 4.94. The predicted molar refractivity (Wildman–Crippen MR) is 91.1 cm³/mol. The molecule has 1 aliphatic carbocycles. The molecule has 0 aliphatic heterocycles. The SMILES string of the molecule is C[N-]C.C[N-]C.C[N-]CP(C)C1CCCC1Cl.[CH3-].[Zr+4]. The molecule has 0 saturated heterocycles. The number of nitrogens with zero attached hydrogens (tertiary/aromatic N) is 3. The summed E-state index contributed by atoms with van der Waals surface area (Å²) in [5, 5.41) is 11.6. The summed E-state index contributed by atoms with van der Waals surface area (Å²) < 4.78 is 0. The predicted octanol–water partition coefficient (Wildman–Crippen LogP) is 4.91. The van der Waals surface area contributed by atoms with Gasteiger partial charge in [-0.2, -0.15) is 35.2 Å². The van der Waals surface area contributed by atoms with Gasteiger partial charge in [0.2, 0.25) is 0 Å². The van der Waals surface area contributed by atoms with Crippen molar-refractivity contribution < 1.29 is 26.2 Å². The number of rotatable bonds is 3. The van der Waals surface area contributed by atoms with Crippen LogP contribution in [0, 0.1) is 7.43 Å². The van der Waals surface area contributed by atoms with Crippen LogP contribution in [0.3, 0.4) is 0 Å². The molecule has 1 saturated carbocycles. The van der Waals surface area contributed by atoms with Crippen molar-refractivity contribution in [3.8, 4) is 0 Å². The van der Waals surface area contributed by atoms with Crippen LogP contribution in [0.1, 0.15) is 19.3 Å². The zero-order valence-corrected chi connectivity index (χ0v) is 17.8. The quantitative estimate of drug-likeness (QED) is 0.376. The summed E-state index contributed by atoms with van der Waals surface area (Å²) in [5.41, 5.74) is 0.787. The second-order valence-electron chi connectivity index (χ2n) is 4.12. The molecule has 3 atom stereocenters. The summed E-state index contributed by atoms with van der Waals surface area (Å²) in [6.45, 7) is 2.33. The van der Waals surface area contributed by atoms with E-state index in [9.17, 15) is 0 Å². The van der Waals surface area contributed by atoms with Crippen molar-refractivity contribution in [2.45, 2.75) is 30.3 Å². The van der Waals surface area contributed by atoms with E-state index < -0.39 is 0 Å². The maximum atomic E-state index is 6.18. The molecule has 114 valence electrons. The summed E-state index contributed by atoms with van der Waals surface area (Å²) in [6, 6.07) is 0. The van der Waals surface area contributed by atoms with Gasteiger partial charge in [0.25, 0.3) is 0 Å². The van der Waals surface area contributed by atoms with Crippen molar-refractivity contribution in [2.75, 3.05) is 48.2 Å². The zero-order chi connectivity index (χ0) is 13.7. The van der Waals surface area contributed by atoms with Crippen LogP contribution >= 0.6 is 19.5 Å². The van der Waals surface area contributed by atoms with E-state index in [4.69, 9.17) is 11.6 Å². The van der Waals surface area contributed by atoms with Gasteiger partial charge in [-0.1, -0.05) is 6.42 Å². The molecule has 1 rings (SSSR count). The molecule has 6 heteroatoms. The molecule has 19 heavy (non-hydrogen) atoms. The molecule has 1 fully saturated rings. The van der Waals surface area contributed by atoms with Crippen LogP contribution in [0.25, 0.3) is 16.0 Å². The van der Waals surface area contributed by atoms with Gasteiger partial charge >= 0.3 is 26.2 Å². The number of hydrogen-bond donors (Lipinski definition) is 0. The van der Waals surface area contributed by atoms with Gasteiger partial charge in [-0.25, -0.2) is 0 Å². The first-order valence-electron chi connectivity index (χ1n) is 5.94. The fourth-order valence-corrected chi connectivity index (χ4v) is 4.56. The molecule has 0 bridgehead atoms. The Labute approximate surface area is 147 Å². The van der Waals surface area contributed by atoms with E-state index in [1.165, 1.54) is 19.3 Å². The molecule has 3 nitrogen and oxygen atoms in total. The van der Waals surface area contributed by atoms with Crippen LogP contribution in [0.2, 0.25) is 0 Å². The van der Waals surface area contributed by atoms with Gasteiger partial charge in [-0.3, -0.25) is 0 Å². The Morgan fingerprint density at radius 2 is 1.47 bits per heavy atom. The minimum atomic E-state index is 0. The summed E-state index contributed by atoms with van der Waals surface area (Å²) in [5.74, 6) is 0. The third-order valence-corrected chi connectivity index (χ3v) is 5.51. The Bertz CT molecular complexity index is 154. The maximum absolute atomic E-state index is 6.18. The monoisotopic (exact) mass is 385 g/mol. The van der Waals surface area contributed by atoms with Crippen molar-refractivity contribution in [1.29, 1.82) is 0 Å². The van der Waals surface area contributed by atoms with Crippen LogP contribution in [0.5, 0.6) is 0 Å². The van der Waals surface area contributed by atoms with E-state index in [1.807, 2.05) is 7.05 Å². The number of hydrogen-bond acceptors (Lipinski definition) is 0. The molecule has 0 radical (unpaired) electrons. The molecule has 0 aromatic heterocycles. The Kier molecular flexibility index (Phi) is 32.8. The summed E-state index contributed by atoms with van der Waals surface area (Å²) >= 11 is 6.18. The largest absolute Gasteiger partial charge is 4.00 e. The van der Waals surface area contributed by atoms with E-state index in [-0.39, 0.29) is 41.6 Å². The molecular formula is C13H31ClN3PZr. The number of halogens is 1. The molecule has 0 heterocycles. The maximum Gasteiger partial charge on any atom is 4.00 e. The minimum Gasteiger partial charge on any atom is -0.668 e. The van der Waals surface area contributed by atoms with Gasteiger partial charge in [0, 0.05) is 5.38 Å². The van der Waals surface area contributed by atoms with Crippen LogP contribution < -0.4 is 0 Å². The Balaban J connectivity index is -0.000000122. The summed E-state index contributed by atoms with van der Waals surface area (Å²) in [7, 11) is 8.98. The fourth-order valence-electron chi connectivity index (χ4n) is 1.72. The van der Waals surface area contributed by atoms with Gasteiger partial charge in [0.15, 0.2) is 0 Å². The van der Waals surface area contributed by atoms with E-state index in [1.54, 1.807) is 28.2 Å². The second-order valence-corrected chi connectivity index (χ2v) is 7.14. The average molecular weight is 387 g/mol. The average Bonchev–Trinajstić information content (AvgIpc) is 2.67. The Hall–Kier alpha value is 1.48. The first-order chi connectivity index (χ1) is 8.08. The Morgan fingerprint density at radius 3 is 1.74 bits per heavy atom. The van der Waals surface area contributed by atoms with Crippen molar-refractivity contribution >= 4 is 19.5 Å². The van der Waals surface area contributed by atoms with Crippen molar-refractivity contribution in [2.24, 2.45) is 0 Å². The second kappa shape index (κ2) is 21.8. The number of alkyl halides is 1. The van der Waals surface area contributed by atoms with E-state index in [2.05, 4.69) is 22.6 Å². The van der Waals surface area contributed by atoms with Gasteiger partial charge in [0.05, 0.1) is 0 Å². The molecular weight excluding hydrogens is 356 g/mol. The van der Waals surface area contributed by atoms with Crippen molar-refractivity contribution in [3.63, 3.8) is 0 Å². The van der Waals surface area contributed by atoms with Crippen LogP contribution in [0.15, 0.2) is 0 Å². The third kappa shape index (κ3) is 17.4. The molecule has 0 aromatic carbocycles. The third-order valence-electron chi connectivity index (χ3n) is 2.33.